The standard InChI is InChI=1S/C21H29ClN2O/c22-19-6-2-1-5-18(19)20(24-9-3-4-10-24)14-23-21(25)13-17-12-15-7-8-16(17)11-15/h1-2,5-6,15-17,20H,3-4,7-14H2,(H,23,25)/t15-,16-,17+,20+/m0/s1. The summed E-state index contributed by atoms with van der Waals surface area (Å²) in [5.74, 6) is 2.58. The van der Waals surface area contributed by atoms with E-state index in [2.05, 4.69) is 16.3 Å². The molecule has 1 heterocycles. The van der Waals surface area contributed by atoms with E-state index in [0.717, 1.165) is 41.9 Å². The fourth-order valence-electron chi connectivity index (χ4n) is 5.38. The molecule has 1 amide bonds. The molecule has 1 aliphatic heterocycles. The molecule has 3 aliphatic rings. The van der Waals surface area contributed by atoms with E-state index < -0.39 is 0 Å². The SMILES string of the molecule is O=C(C[C@H]1C[C@H]2CC[C@H]1C2)NC[C@H](c1ccccc1Cl)N1CCCC1. The lowest BCUT2D eigenvalue weighted by Crippen LogP contribution is -2.37. The molecule has 1 aromatic rings. The number of amides is 1. The molecule has 3 fully saturated rings. The molecule has 2 saturated carbocycles. The molecule has 2 bridgehead atoms. The number of rotatable bonds is 6. The van der Waals surface area contributed by atoms with Crippen molar-refractivity contribution in [1.29, 1.82) is 0 Å². The fourth-order valence-corrected chi connectivity index (χ4v) is 5.64. The number of nitrogens with zero attached hydrogens (tertiary/aromatic N) is 1. The first-order valence-electron chi connectivity index (χ1n) is 9.96. The predicted octanol–water partition coefficient (Wildman–Crippen LogP) is 4.42. The third-order valence-corrected chi connectivity index (χ3v) is 7.01. The monoisotopic (exact) mass is 360 g/mol. The molecule has 3 nitrogen and oxygen atoms in total. The molecule has 0 unspecified atom stereocenters. The molecular formula is C21H29ClN2O. The molecule has 0 spiro atoms. The van der Waals surface area contributed by atoms with Crippen LogP contribution in [0.3, 0.4) is 0 Å². The molecule has 4 rings (SSSR count). The number of fused-ring (bicyclic) bond motifs is 2. The average Bonchev–Trinajstić information content (AvgIpc) is 3.34. The zero-order chi connectivity index (χ0) is 17.2. The van der Waals surface area contributed by atoms with Gasteiger partial charge in [-0.3, -0.25) is 9.69 Å². The Morgan fingerprint density at radius 1 is 1.20 bits per heavy atom. The molecule has 1 aromatic carbocycles. The van der Waals surface area contributed by atoms with Gasteiger partial charge in [-0.15, -0.1) is 0 Å². The number of carbonyl (C=O) groups excluding carboxylic acids is 1. The summed E-state index contributed by atoms with van der Waals surface area (Å²) >= 11 is 6.45. The zero-order valence-corrected chi connectivity index (χ0v) is 15.7. The minimum Gasteiger partial charge on any atom is -0.354 e. The number of likely N-dealkylation sites (tertiary alicyclic amines) is 1. The summed E-state index contributed by atoms with van der Waals surface area (Å²) in [6, 6.07) is 8.27. The van der Waals surface area contributed by atoms with Crippen molar-refractivity contribution in [2.24, 2.45) is 17.8 Å². The van der Waals surface area contributed by atoms with E-state index >= 15 is 0 Å². The van der Waals surface area contributed by atoms with Gasteiger partial charge in [0.25, 0.3) is 0 Å². The Hall–Kier alpha value is -1.06. The number of hydrogen-bond donors (Lipinski definition) is 1. The van der Waals surface area contributed by atoms with Crippen LogP contribution in [0.2, 0.25) is 5.02 Å². The molecule has 1 N–H and O–H groups in total. The largest absolute Gasteiger partial charge is 0.354 e. The van der Waals surface area contributed by atoms with E-state index in [-0.39, 0.29) is 11.9 Å². The number of carbonyl (C=O) groups is 1. The van der Waals surface area contributed by atoms with E-state index in [4.69, 9.17) is 11.6 Å². The first kappa shape index (κ1) is 17.4. The Balaban J connectivity index is 1.37. The number of halogens is 1. The van der Waals surface area contributed by atoms with Crippen LogP contribution in [0.5, 0.6) is 0 Å². The van der Waals surface area contributed by atoms with Gasteiger partial charge in [0.15, 0.2) is 0 Å². The summed E-state index contributed by atoms with van der Waals surface area (Å²) in [6.07, 6.45) is 8.58. The highest BCUT2D eigenvalue weighted by molar-refractivity contribution is 6.31. The Morgan fingerprint density at radius 2 is 2.00 bits per heavy atom. The topological polar surface area (TPSA) is 32.3 Å². The maximum Gasteiger partial charge on any atom is 0.220 e. The van der Waals surface area contributed by atoms with Crippen LogP contribution in [0, 0.1) is 17.8 Å². The van der Waals surface area contributed by atoms with Crippen LogP contribution in [0.1, 0.15) is 56.6 Å². The van der Waals surface area contributed by atoms with Crippen LogP contribution in [-0.2, 0) is 4.79 Å². The first-order chi connectivity index (χ1) is 12.2. The maximum absolute atomic E-state index is 12.5. The molecule has 0 radical (unpaired) electrons. The second-order valence-corrected chi connectivity index (χ2v) is 8.63. The van der Waals surface area contributed by atoms with Gasteiger partial charge in [0.05, 0.1) is 6.04 Å². The van der Waals surface area contributed by atoms with Crippen molar-refractivity contribution in [2.75, 3.05) is 19.6 Å². The van der Waals surface area contributed by atoms with Crippen molar-refractivity contribution in [3.63, 3.8) is 0 Å². The van der Waals surface area contributed by atoms with Gasteiger partial charge < -0.3 is 5.32 Å². The quantitative estimate of drug-likeness (QED) is 0.814. The Labute approximate surface area is 156 Å². The molecule has 0 aromatic heterocycles. The smallest absolute Gasteiger partial charge is 0.220 e. The van der Waals surface area contributed by atoms with Crippen LogP contribution in [0.25, 0.3) is 0 Å². The van der Waals surface area contributed by atoms with Crippen LogP contribution in [0.4, 0.5) is 0 Å². The molecule has 4 atom stereocenters. The van der Waals surface area contributed by atoms with Crippen molar-refractivity contribution in [3.8, 4) is 0 Å². The van der Waals surface area contributed by atoms with Crippen molar-refractivity contribution >= 4 is 17.5 Å². The lowest BCUT2D eigenvalue weighted by molar-refractivity contribution is -0.122. The van der Waals surface area contributed by atoms with Gasteiger partial charge >= 0.3 is 0 Å². The van der Waals surface area contributed by atoms with Gasteiger partial charge in [-0.2, -0.15) is 0 Å². The van der Waals surface area contributed by atoms with Gasteiger partial charge in [0.2, 0.25) is 5.91 Å². The van der Waals surface area contributed by atoms with Crippen molar-refractivity contribution in [1.82, 2.24) is 10.2 Å². The third kappa shape index (κ3) is 3.88. The average molecular weight is 361 g/mol. The lowest BCUT2D eigenvalue weighted by Gasteiger charge is -2.29. The molecule has 4 heteroatoms. The predicted molar refractivity (Wildman–Crippen MR) is 102 cm³/mol. The number of nitrogens with one attached hydrogen (secondary N) is 1. The minimum atomic E-state index is 0.195. The van der Waals surface area contributed by atoms with Crippen molar-refractivity contribution in [2.45, 2.75) is 51.0 Å². The lowest BCUT2D eigenvalue weighted by atomic mass is 9.86. The van der Waals surface area contributed by atoms with Crippen LogP contribution in [0.15, 0.2) is 24.3 Å². The molecule has 25 heavy (non-hydrogen) atoms. The Bertz CT molecular complexity index is 614. The van der Waals surface area contributed by atoms with E-state index in [1.807, 2.05) is 18.2 Å². The Morgan fingerprint density at radius 3 is 2.68 bits per heavy atom. The number of hydrogen-bond acceptors (Lipinski definition) is 2. The summed E-state index contributed by atoms with van der Waals surface area (Å²) in [4.78, 5) is 15.0. The first-order valence-corrected chi connectivity index (χ1v) is 10.3. The van der Waals surface area contributed by atoms with Crippen molar-refractivity contribution in [3.05, 3.63) is 34.9 Å². The minimum absolute atomic E-state index is 0.195. The molecule has 136 valence electrons. The van der Waals surface area contributed by atoms with E-state index in [9.17, 15) is 4.79 Å². The van der Waals surface area contributed by atoms with E-state index in [0.29, 0.717) is 12.5 Å². The van der Waals surface area contributed by atoms with Gasteiger partial charge in [-0.1, -0.05) is 36.2 Å². The van der Waals surface area contributed by atoms with Gasteiger partial charge in [-0.25, -0.2) is 0 Å². The van der Waals surface area contributed by atoms with Gasteiger partial charge in [-0.05, 0) is 74.6 Å². The highest BCUT2D eigenvalue weighted by Crippen LogP contribution is 2.49. The van der Waals surface area contributed by atoms with Gasteiger partial charge in [0, 0.05) is 18.0 Å². The normalized spacial score (nSPS) is 29.9. The van der Waals surface area contributed by atoms with Crippen LogP contribution < -0.4 is 5.32 Å². The summed E-state index contributed by atoms with van der Waals surface area (Å²) in [7, 11) is 0. The highest BCUT2D eigenvalue weighted by Gasteiger charge is 2.40. The summed E-state index contributed by atoms with van der Waals surface area (Å²) < 4.78 is 0. The highest BCUT2D eigenvalue weighted by atomic mass is 35.5. The molecular weight excluding hydrogens is 332 g/mol. The summed E-state index contributed by atoms with van der Waals surface area (Å²) in [5, 5.41) is 4.04. The van der Waals surface area contributed by atoms with E-state index in [1.54, 1.807) is 0 Å². The second-order valence-electron chi connectivity index (χ2n) is 8.22. The maximum atomic E-state index is 12.5. The van der Waals surface area contributed by atoms with Crippen LogP contribution in [-0.4, -0.2) is 30.4 Å². The summed E-state index contributed by atoms with van der Waals surface area (Å²) in [6.45, 7) is 2.86. The van der Waals surface area contributed by atoms with Crippen molar-refractivity contribution < 1.29 is 4.79 Å². The summed E-state index contributed by atoms with van der Waals surface area (Å²) in [5.41, 5.74) is 1.14. The van der Waals surface area contributed by atoms with Crippen LogP contribution >= 0.6 is 11.6 Å². The second kappa shape index (κ2) is 7.67. The fraction of sp³-hybridized carbons (Fsp3) is 0.667. The Kier molecular flexibility index (Phi) is 5.33. The third-order valence-electron chi connectivity index (χ3n) is 6.67. The molecule has 1 saturated heterocycles. The van der Waals surface area contributed by atoms with E-state index in [1.165, 1.54) is 38.5 Å². The molecule has 2 aliphatic carbocycles. The van der Waals surface area contributed by atoms with Gasteiger partial charge in [0.1, 0.15) is 0 Å². The zero-order valence-electron chi connectivity index (χ0n) is 14.9. The number of benzene rings is 1.